The smallest absolute Gasteiger partial charge is 0.161 e. The molecule has 222 valence electrons. The lowest BCUT2D eigenvalue weighted by Gasteiger charge is -2.23. The van der Waals surface area contributed by atoms with Crippen LogP contribution >= 0.6 is 0 Å². The molecular weight excluding hydrogens is 581 g/mol. The zero-order chi connectivity index (χ0) is 31.6. The van der Waals surface area contributed by atoms with Crippen LogP contribution in [0.15, 0.2) is 170 Å². The number of hydrogen-bond donors (Lipinski definition) is 0. The first-order chi connectivity index (χ1) is 23.8. The molecule has 8 aromatic carbocycles. The van der Waals surface area contributed by atoms with Gasteiger partial charge in [-0.1, -0.05) is 164 Å². The number of rotatable bonds is 2. The Hall–Kier alpha value is -6.38. The molecule has 1 aliphatic rings. The summed E-state index contributed by atoms with van der Waals surface area (Å²) >= 11 is 0. The van der Waals surface area contributed by atoms with Gasteiger partial charge in [0.1, 0.15) is 0 Å². The van der Waals surface area contributed by atoms with Crippen LogP contribution in [-0.2, 0) is 0 Å². The highest BCUT2D eigenvalue weighted by molar-refractivity contribution is 6.23. The lowest BCUT2D eigenvalue weighted by atomic mass is 9.83. The Labute approximate surface area is 278 Å². The molecule has 0 radical (unpaired) electrons. The monoisotopic (exact) mass is 608 g/mol. The second-order valence-corrected chi connectivity index (χ2v) is 12.5. The van der Waals surface area contributed by atoms with Crippen LogP contribution in [-0.4, -0.2) is 9.97 Å². The molecule has 2 nitrogen and oxygen atoms in total. The minimum atomic E-state index is 0.728. The van der Waals surface area contributed by atoms with Crippen molar-refractivity contribution in [3.05, 3.63) is 170 Å². The SMILES string of the molecule is c1ccc2c(c1)-c1ccccc1-c1cnc(-c3c4ccccc4c(-c4cccc5ccccc45)c4ccccc34)nc1-c1ccccc1-2. The largest absolute Gasteiger partial charge is 0.236 e. The van der Waals surface area contributed by atoms with Crippen molar-refractivity contribution in [2.24, 2.45) is 0 Å². The zero-order valence-electron chi connectivity index (χ0n) is 26.1. The summed E-state index contributed by atoms with van der Waals surface area (Å²) in [5.41, 5.74) is 12.6. The van der Waals surface area contributed by atoms with Gasteiger partial charge in [-0.25, -0.2) is 9.97 Å². The molecular formula is C46H28N2. The van der Waals surface area contributed by atoms with Gasteiger partial charge in [0.25, 0.3) is 0 Å². The number of benzene rings is 8. The van der Waals surface area contributed by atoms with Gasteiger partial charge < -0.3 is 0 Å². The predicted molar refractivity (Wildman–Crippen MR) is 201 cm³/mol. The van der Waals surface area contributed by atoms with E-state index in [1.54, 1.807) is 0 Å². The summed E-state index contributed by atoms with van der Waals surface area (Å²) in [4.78, 5) is 10.7. The molecule has 0 unspecified atom stereocenters. The van der Waals surface area contributed by atoms with Crippen LogP contribution in [0.25, 0.3) is 99.5 Å². The molecule has 0 atom stereocenters. The van der Waals surface area contributed by atoms with Crippen LogP contribution in [0.5, 0.6) is 0 Å². The van der Waals surface area contributed by atoms with Gasteiger partial charge in [-0.05, 0) is 71.3 Å². The van der Waals surface area contributed by atoms with Gasteiger partial charge in [-0.3, -0.25) is 0 Å². The standard InChI is InChI=1S/C46H28N2/c1-2-16-30-29(14-1)15-13-27-36(30)43-37-22-8-10-24-39(37)44(40-25-11-9-23-38(40)43)46-47-28-42-35-21-6-5-19-33(35)31-17-3-4-18-32(31)34-20-7-12-26-41(34)45(42)48-46/h1-28H. The normalized spacial score (nSPS) is 11.8. The third-order valence-corrected chi connectivity index (χ3v) is 9.91. The van der Waals surface area contributed by atoms with E-state index in [2.05, 4.69) is 164 Å². The van der Waals surface area contributed by atoms with Gasteiger partial charge in [-0.2, -0.15) is 0 Å². The summed E-state index contributed by atoms with van der Waals surface area (Å²) in [6.07, 6.45) is 2.05. The van der Waals surface area contributed by atoms with E-state index in [0.717, 1.165) is 44.5 Å². The Balaban J connectivity index is 1.31. The van der Waals surface area contributed by atoms with Crippen molar-refractivity contribution in [1.29, 1.82) is 0 Å². The maximum atomic E-state index is 5.54. The van der Waals surface area contributed by atoms with Crippen LogP contribution in [0.1, 0.15) is 0 Å². The summed E-state index contributed by atoms with van der Waals surface area (Å²) in [5.74, 6) is 0.728. The molecule has 0 bridgehead atoms. The van der Waals surface area contributed by atoms with E-state index in [9.17, 15) is 0 Å². The molecule has 0 fully saturated rings. The van der Waals surface area contributed by atoms with Crippen LogP contribution in [0.4, 0.5) is 0 Å². The predicted octanol–water partition coefficient (Wildman–Crippen LogP) is 12.3. The van der Waals surface area contributed by atoms with E-state index in [1.165, 1.54) is 54.9 Å². The van der Waals surface area contributed by atoms with Gasteiger partial charge in [0, 0.05) is 22.9 Å². The third-order valence-electron chi connectivity index (χ3n) is 9.91. The van der Waals surface area contributed by atoms with E-state index in [1.807, 2.05) is 6.20 Å². The average molecular weight is 609 g/mol. The van der Waals surface area contributed by atoms with E-state index in [0.29, 0.717) is 0 Å². The Bertz CT molecular complexity index is 2670. The van der Waals surface area contributed by atoms with Crippen LogP contribution in [0, 0.1) is 0 Å². The maximum absolute atomic E-state index is 5.54. The average Bonchev–Trinajstić information content (AvgIpc) is 3.16. The molecule has 2 heteroatoms. The molecule has 0 saturated carbocycles. The summed E-state index contributed by atoms with van der Waals surface area (Å²) in [7, 11) is 0. The molecule has 1 heterocycles. The van der Waals surface area contributed by atoms with Crippen molar-refractivity contribution in [3.63, 3.8) is 0 Å². The summed E-state index contributed by atoms with van der Waals surface area (Å²) in [6, 6.07) is 58.8. The molecule has 9 aromatic rings. The quantitative estimate of drug-likeness (QED) is 0.182. The van der Waals surface area contributed by atoms with Crippen molar-refractivity contribution in [3.8, 4) is 67.2 Å². The number of aromatic nitrogens is 2. The highest BCUT2D eigenvalue weighted by Gasteiger charge is 2.25. The zero-order valence-corrected chi connectivity index (χ0v) is 26.1. The molecule has 10 rings (SSSR count). The highest BCUT2D eigenvalue weighted by atomic mass is 14.9. The van der Waals surface area contributed by atoms with Crippen molar-refractivity contribution in [1.82, 2.24) is 9.97 Å². The van der Waals surface area contributed by atoms with Crippen molar-refractivity contribution in [2.45, 2.75) is 0 Å². The van der Waals surface area contributed by atoms with E-state index >= 15 is 0 Å². The number of nitrogens with zero attached hydrogens (tertiary/aromatic N) is 2. The van der Waals surface area contributed by atoms with Crippen molar-refractivity contribution >= 4 is 32.3 Å². The number of fused-ring (bicyclic) bond motifs is 11. The van der Waals surface area contributed by atoms with Crippen LogP contribution < -0.4 is 0 Å². The van der Waals surface area contributed by atoms with Crippen LogP contribution in [0.3, 0.4) is 0 Å². The molecule has 0 N–H and O–H groups in total. The first kappa shape index (κ1) is 26.8. The summed E-state index contributed by atoms with van der Waals surface area (Å²) in [6.45, 7) is 0. The van der Waals surface area contributed by atoms with E-state index in [-0.39, 0.29) is 0 Å². The maximum Gasteiger partial charge on any atom is 0.161 e. The Morgan fingerprint density at radius 2 is 0.688 bits per heavy atom. The molecule has 0 saturated heterocycles. The first-order valence-electron chi connectivity index (χ1n) is 16.4. The highest BCUT2D eigenvalue weighted by Crippen LogP contribution is 2.49. The molecule has 48 heavy (non-hydrogen) atoms. The fraction of sp³-hybridized carbons (Fsp3) is 0. The Morgan fingerprint density at radius 1 is 0.292 bits per heavy atom. The lowest BCUT2D eigenvalue weighted by molar-refractivity contribution is 1.19. The molecule has 0 amide bonds. The minimum Gasteiger partial charge on any atom is -0.236 e. The first-order valence-corrected chi connectivity index (χ1v) is 16.4. The molecule has 0 spiro atoms. The lowest BCUT2D eigenvalue weighted by Crippen LogP contribution is -2.02. The third kappa shape index (κ3) is 3.93. The van der Waals surface area contributed by atoms with Crippen LogP contribution in [0.2, 0.25) is 0 Å². The van der Waals surface area contributed by atoms with E-state index < -0.39 is 0 Å². The molecule has 0 aliphatic heterocycles. The molecule has 1 aliphatic carbocycles. The number of hydrogen-bond acceptors (Lipinski definition) is 2. The van der Waals surface area contributed by atoms with E-state index in [4.69, 9.17) is 9.97 Å². The fourth-order valence-electron chi connectivity index (χ4n) is 7.84. The second-order valence-electron chi connectivity index (χ2n) is 12.5. The molecule has 1 aromatic heterocycles. The van der Waals surface area contributed by atoms with Gasteiger partial charge in [-0.15, -0.1) is 0 Å². The van der Waals surface area contributed by atoms with Gasteiger partial charge >= 0.3 is 0 Å². The van der Waals surface area contributed by atoms with Crippen molar-refractivity contribution < 1.29 is 0 Å². The topological polar surface area (TPSA) is 25.8 Å². The minimum absolute atomic E-state index is 0.728. The van der Waals surface area contributed by atoms with Gasteiger partial charge in [0.05, 0.1) is 5.69 Å². The fourth-order valence-corrected chi connectivity index (χ4v) is 7.84. The summed E-state index contributed by atoms with van der Waals surface area (Å²) < 4.78 is 0. The van der Waals surface area contributed by atoms with Gasteiger partial charge in [0.15, 0.2) is 5.82 Å². The Kier molecular flexibility index (Phi) is 5.91. The Morgan fingerprint density at radius 3 is 1.27 bits per heavy atom. The second kappa shape index (κ2) is 10.6. The summed E-state index contributed by atoms with van der Waals surface area (Å²) in [5, 5.41) is 7.15. The van der Waals surface area contributed by atoms with Crippen molar-refractivity contribution in [2.75, 3.05) is 0 Å². The van der Waals surface area contributed by atoms with Gasteiger partial charge in [0.2, 0.25) is 0 Å².